The van der Waals surface area contributed by atoms with E-state index in [1.165, 1.54) is 9.80 Å². The van der Waals surface area contributed by atoms with Gasteiger partial charge in [0.15, 0.2) is 0 Å². The molecular weight excluding hydrogens is 432 g/mol. The Morgan fingerprint density at radius 1 is 1.06 bits per heavy atom. The van der Waals surface area contributed by atoms with Crippen molar-refractivity contribution >= 4 is 40.0 Å². The van der Waals surface area contributed by atoms with E-state index < -0.39 is 6.03 Å². The van der Waals surface area contributed by atoms with Crippen LogP contribution >= 0.6 is 0 Å². The molecule has 4 rings (SSSR count). The van der Waals surface area contributed by atoms with Crippen molar-refractivity contribution in [3.05, 3.63) is 72.3 Å². The van der Waals surface area contributed by atoms with Crippen LogP contribution in [-0.2, 0) is 14.3 Å². The summed E-state index contributed by atoms with van der Waals surface area (Å²) in [5, 5.41) is 4.84. The van der Waals surface area contributed by atoms with Crippen molar-refractivity contribution in [3.8, 4) is 0 Å². The fourth-order valence-electron chi connectivity index (χ4n) is 3.98. The van der Waals surface area contributed by atoms with Crippen LogP contribution in [0.5, 0.6) is 0 Å². The molecule has 0 unspecified atom stereocenters. The molecule has 3 aromatic rings. The summed E-state index contributed by atoms with van der Waals surface area (Å²) in [6.07, 6.45) is 0. The predicted molar refractivity (Wildman–Crippen MR) is 132 cm³/mol. The summed E-state index contributed by atoms with van der Waals surface area (Å²) in [4.78, 5) is 43.2. The van der Waals surface area contributed by atoms with Gasteiger partial charge in [-0.05, 0) is 36.1 Å². The van der Waals surface area contributed by atoms with Gasteiger partial charge in [0, 0.05) is 24.7 Å². The van der Waals surface area contributed by atoms with Crippen molar-refractivity contribution in [2.24, 2.45) is 0 Å². The normalized spacial score (nSPS) is 13.4. The summed E-state index contributed by atoms with van der Waals surface area (Å²) < 4.78 is 5.14. The van der Waals surface area contributed by atoms with Crippen LogP contribution in [0.25, 0.3) is 10.8 Å². The smallest absolute Gasteiger partial charge is 0.322 e. The Labute approximate surface area is 198 Å². The van der Waals surface area contributed by atoms with Gasteiger partial charge in [-0.2, -0.15) is 0 Å². The van der Waals surface area contributed by atoms with Crippen molar-refractivity contribution in [2.45, 2.75) is 6.92 Å². The van der Waals surface area contributed by atoms with E-state index >= 15 is 0 Å². The Balaban J connectivity index is 1.46. The zero-order chi connectivity index (χ0) is 24.1. The van der Waals surface area contributed by atoms with E-state index in [2.05, 4.69) is 5.32 Å². The molecule has 4 amide bonds. The minimum Gasteiger partial charge on any atom is -0.383 e. The first-order chi connectivity index (χ1) is 16.5. The largest absolute Gasteiger partial charge is 0.383 e. The number of urea groups is 1. The average molecular weight is 461 g/mol. The van der Waals surface area contributed by atoms with Crippen molar-refractivity contribution < 1.29 is 19.1 Å². The molecule has 8 nitrogen and oxygen atoms in total. The van der Waals surface area contributed by atoms with Gasteiger partial charge in [0.25, 0.3) is 0 Å². The van der Waals surface area contributed by atoms with Crippen molar-refractivity contribution in [3.63, 3.8) is 0 Å². The summed E-state index contributed by atoms with van der Waals surface area (Å²) in [5.74, 6) is -0.449. The van der Waals surface area contributed by atoms with Gasteiger partial charge in [0.1, 0.15) is 19.8 Å². The van der Waals surface area contributed by atoms with E-state index in [1.807, 2.05) is 73.7 Å². The van der Waals surface area contributed by atoms with Gasteiger partial charge in [-0.15, -0.1) is 0 Å². The van der Waals surface area contributed by atoms with Crippen LogP contribution in [0.2, 0.25) is 0 Å². The Bertz CT molecular complexity index is 1210. The minimum absolute atomic E-state index is 0.0180. The number of amides is 4. The van der Waals surface area contributed by atoms with Gasteiger partial charge in [0.2, 0.25) is 11.8 Å². The standard InChI is InChI=1S/C26H28N4O4/c1-19-7-5-10-21(15-19)30-18-29(17-25(30)32)24(31)16-28(13-14-34-2)26(33)27-23-12-6-9-20-8-3-4-11-22(20)23/h3-12,15H,13-14,16-18H2,1-2H3,(H,27,33). The predicted octanol–water partition coefficient (Wildman–Crippen LogP) is 3.46. The quantitative estimate of drug-likeness (QED) is 0.586. The molecule has 0 saturated carbocycles. The van der Waals surface area contributed by atoms with Gasteiger partial charge in [-0.1, -0.05) is 48.5 Å². The lowest BCUT2D eigenvalue weighted by atomic mass is 10.1. The van der Waals surface area contributed by atoms with Crippen LogP contribution in [0.4, 0.5) is 16.2 Å². The highest BCUT2D eigenvalue weighted by Crippen LogP contribution is 2.24. The molecule has 1 saturated heterocycles. The lowest BCUT2D eigenvalue weighted by molar-refractivity contribution is -0.132. The van der Waals surface area contributed by atoms with Crippen LogP contribution in [0.15, 0.2) is 66.7 Å². The number of ether oxygens (including phenoxy) is 1. The van der Waals surface area contributed by atoms with Crippen molar-refractivity contribution in [2.75, 3.05) is 50.2 Å². The second kappa shape index (κ2) is 10.4. The minimum atomic E-state index is -0.400. The molecule has 1 N–H and O–H groups in total. The molecule has 0 aliphatic carbocycles. The zero-order valence-electron chi connectivity index (χ0n) is 19.4. The van der Waals surface area contributed by atoms with Crippen molar-refractivity contribution in [1.82, 2.24) is 9.80 Å². The monoisotopic (exact) mass is 460 g/mol. The summed E-state index contributed by atoms with van der Waals surface area (Å²) in [6, 6.07) is 20.6. The van der Waals surface area contributed by atoms with Gasteiger partial charge in [-0.25, -0.2) is 4.79 Å². The Morgan fingerprint density at radius 3 is 2.62 bits per heavy atom. The zero-order valence-corrected chi connectivity index (χ0v) is 19.4. The highest BCUT2D eigenvalue weighted by molar-refractivity contribution is 6.03. The van der Waals surface area contributed by atoms with Gasteiger partial charge >= 0.3 is 6.03 Å². The van der Waals surface area contributed by atoms with Crippen LogP contribution < -0.4 is 10.2 Å². The van der Waals surface area contributed by atoms with E-state index in [4.69, 9.17) is 4.74 Å². The van der Waals surface area contributed by atoms with Crippen LogP contribution in [-0.4, -0.2) is 67.7 Å². The van der Waals surface area contributed by atoms with E-state index in [0.29, 0.717) is 5.69 Å². The number of nitrogens with zero attached hydrogens (tertiary/aromatic N) is 3. The van der Waals surface area contributed by atoms with Gasteiger partial charge in [0.05, 0.1) is 12.3 Å². The molecule has 8 heteroatoms. The first-order valence-electron chi connectivity index (χ1n) is 11.1. The fourth-order valence-corrected chi connectivity index (χ4v) is 3.98. The lowest BCUT2D eigenvalue weighted by Crippen LogP contribution is -2.45. The highest BCUT2D eigenvalue weighted by Gasteiger charge is 2.33. The number of hydrogen-bond acceptors (Lipinski definition) is 4. The molecular formula is C26H28N4O4. The number of nitrogens with one attached hydrogen (secondary N) is 1. The highest BCUT2D eigenvalue weighted by atomic mass is 16.5. The van der Waals surface area contributed by atoms with E-state index in [-0.39, 0.29) is 44.7 Å². The molecule has 0 aromatic heterocycles. The molecule has 34 heavy (non-hydrogen) atoms. The number of aryl methyl sites for hydroxylation is 1. The van der Waals surface area contributed by atoms with Gasteiger partial charge < -0.3 is 19.9 Å². The maximum atomic E-state index is 13.1. The maximum Gasteiger partial charge on any atom is 0.322 e. The molecule has 1 fully saturated rings. The SMILES string of the molecule is COCCN(CC(=O)N1CC(=O)N(c2cccc(C)c2)C1)C(=O)Nc1cccc2ccccc12. The average Bonchev–Trinajstić information content (AvgIpc) is 3.23. The van der Waals surface area contributed by atoms with E-state index in [9.17, 15) is 14.4 Å². The molecule has 1 aliphatic rings. The van der Waals surface area contributed by atoms with Crippen molar-refractivity contribution in [1.29, 1.82) is 0 Å². The molecule has 0 spiro atoms. The molecule has 3 aromatic carbocycles. The number of carbonyl (C=O) groups is 3. The molecule has 1 heterocycles. The third-order valence-corrected chi connectivity index (χ3v) is 5.82. The number of benzene rings is 3. The number of methoxy groups -OCH3 is 1. The third-order valence-electron chi connectivity index (χ3n) is 5.82. The first kappa shape index (κ1) is 23.3. The molecule has 0 atom stereocenters. The Morgan fingerprint density at radius 2 is 1.82 bits per heavy atom. The summed E-state index contributed by atoms with van der Waals surface area (Å²) in [7, 11) is 1.54. The molecule has 0 radical (unpaired) electrons. The fraction of sp³-hybridized carbons (Fsp3) is 0.269. The molecule has 0 bridgehead atoms. The Kier molecular flexibility index (Phi) is 7.08. The Hall–Kier alpha value is -3.91. The van der Waals surface area contributed by atoms with E-state index in [0.717, 1.165) is 22.0 Å². The first-order valence-corrected chi connectivity index (χ1v) is 11.1. The summed E-state index contributed by atoms with van der Waals surface area (Å²) in [5.41, 5.74) is 2.45. The number of rotatable bonds is 7. The number of carbonyl (C=O) groups excluding carboxylic acids is 3. The maximum absolute atomic E-state index is 13.1. The van der Waals surface area contributed by atoms with E-state index in [1.54, 1.807) is 12.0 Å². The van der Waals surface area contributed by atoms with Gasteiger partial charge in [-0.3, -0.25) is 14.5 Å². The number of fused-ring (bicyclic) bond motifs is 1. The van der Waals surface area contributed by atoms with Crippen LogP contribution in [0, 0.1) is 6.92 Å². The topological polar surface area (TPSA) is 82.2 Å². The molecule has 1 aliphatic heterocycles. The summed E-state index contributed by atoms with van der Waals surface area (Å²) in [6.45, 7) is 2.46. The summed E-state index contributed by atoms with van der Waals surface area (Å²) >= 11 is 0. The second-order valence-electron chi connectivity index (χ2n) is 8.27. The van der Waals surface area contributed by atoms with Crippen LogP contribution in [0.1, 0.15) is 5.56 Å². The molecule has 176 valence electrons. The lowest BCUT2D eigenvalue weighted by Gasteiger charge is -2.25. The number of hydrogen-bond donors (Lipinski definition) is 1. The number of anilines is 2. The van der Waals surface area contributed by atoms with Crippen LogP contribution in [0.3, 0.4) is 0 Å². The third kappa shape index (κ3) is 5.18. The second-order valence-corrected chi connectivity index (χ2v) is 8.27.